The van der Waals surface area contributed by atoms with Crippen LogP contribution in [0.25, 0.3) is 0 Å². The fourth-order valence-electron chi connectivity index (χ4n) is 11.2. The summed E-state index contributed by atoms with van der Waals surface area (Å²) < 4.78 is 0. The standard InChI is InChI=1S/C74H128N2.Ni/c1-5-9-13-16-18-20-22-24-26-28-30-32-34-36-38-40-42-44-46-48-50-52-54-61-69-63-57-59-66-71(69)75-73(65-12-8-4)74(68-56-15-11-7-3)76-72-67-60-58-64-70(72)62-55-53-51-49-47-45-43-41-39-37-35-33-31-29-27-25-23-21-19-17-14-10-6-2;/h50-53,57-60,63-64,66-67H,5-49,54-56,61-62,65,68H2,1-4H3;/b52-50+,53-51+,75-73+,76-74-;. The van der Waals surface area contributed by atoms with E-state index in [2.05, 4.69) is 101 Å². The number of hydrogen-bond acceptors (Lipinski definition) is 2. The van der Waals surface area contributed by atoms with E-state index in [0.29, 0.717) is 0 Å². The van der Waals surface area contributed by atoms with Crippen LogP contribution < -0.4 is 0 Å². The van der Waals surface area contributed by atoms with Crippen LogP contribution in [0.5, 0.6) is 0 Å². The quantitative estimate of drug-likeness (QED) is 0.0273. The number of rotatable bonds is 57. The van der Waals surface area contributed by atoms with Gasteiger partial charge in [-0.25, -0.2) is 0 Å². The van der Waals surface area contributed by atoms with Gasteiger partial charge in [0.15, 0.2) is 0 Å². The Labute approximate surface area is 492 Å². The van der Waals surface area contributed by atoms with Crippen LogP contribution in [0.1, 0.15) is 360 Å². The number of aliphatic imine (C=N–C) groups is 2. The van der Waals surface area contributed by atoms with Crippen molar-refractivity contribution in [2.24, 2.45) is 9.98 Å². The summed E-state index contributed by atoms with van der Waals surface area (Å²) in [6.07, 6.45) is 80.3. The molecule has 0 saturated carbocycles. The zero-order valence-corrected chi connectivity index (χ0v) is 52.9. The minimum atomic E-state index is 0. The van der Waals surface area contributed by atoms with Gasteiger partial charge >= 0.3 is 0 Å². The fourth-order valence-corrected chi connectivity index (χ4v) is 11.2. The van der Waals surface area contributed by atoms with Crippen molar-refractivity contribution in [2.75, 3.05) is 0 Å². The van der Waals surface area contributed by atoms with Gasteiger partial charge in [0.05, 0.1) is 22.8 Å². The SMILES string of the molecule is CCCCCCCCCCCCCCCCCCCCC/C=C/CCc1ccccc1/N=C(CCCCCC)\C(CCCC)=N\c1ccccc1CC/C=C/CCCCCCCCCCCCCCCCCCCCC.[Ni]. The molecule has 0 unspecified atom stereocenters. The molecule has 0 N–H and O–H groups in total. The van der Waals surface area contributed by atoms with Crippen molar-refractivity contribution in [3.8, 4) is 0 Å². The molecule has 0 aliphatic heterocycles. The van der Waals surface area contributed by atoms with Gasteiger partial charge in [0.1, 0.15) is 0 Å². The molecule has 0 spiro atoms. The van der Waals surface area contributed by atoms with Gasteiger partial charge in [0.25, 0.3) is 0 Å². The normalized spacial score (nSPS) is 12.2. The summed E-state index contributed by atoms with van der Waals surface area (Å²) in [6, 6.07) is 17.9. The second-order valence-corrected chi connectivity index (χ2v) is 23.6. The van der Waals surface area contributed by atoms with E-state index in [1.54, 1.807) is 0 Å². The monoisotopic (exact) mass is 1100 g/mol. The number of allylic oxidation sites excluding steroid dienone is 4. The van der Waals surface area contributed by atoms with Crippen molar-refractivity contribution in [3.63, 3.8) is 0 Å². The molecule has 0 aromatic heterocycles. The molecule has 0 bridgehead atoms. The fraction of sp³-hybridized carbons (Fsp3) is 0.757. The number of para-hydroxylation sites is 2. The Morgan fingerprint density at radius 1 is 0.273 bits per heavy atom. The number of aryl methyl sites for hydroxylation is 2. The van der Waals surface area contributed by atoms with E-state index in [1.807, 2.05) is 0 Å². The molecule has 2 rings (SSSR count). The van der Waals surface area contributed by atoms with E-state index in [9.17, 15) is 0 Å². The first-order valence-corrected chi connectivity index (χ1v) is 34.3. The Morgan fingerprint density at radius 3 is 0.805 bits per heavy atom. The molecule has 0 aliphatic carbocycles. The molecule has 0 atom stereocenters. The maximum Gasteiger partial charge on any atom is 0.0665 e. The van der Waals surface area contributed by atoms with E-state index in [-0.39, 0.29) is 16.5 Å². The number of benzene rings is 2. The molecule has 3 heteroatoms. The zero-order chi connectivity index (χ0) is 54.1. The molecule has 77 heavy (non-hydrogen) atoms. The summed E-state index contributed by atoms with van der Waals surface area (Å²) in [5.41, 5.74) is 7.44. The van der Waals surface area contributed by atoms with Gasteiger partial charge in [-0.2, -0.15) is 0 Å². The van der Waals surface area contributed by atoms with E-state index in [1.165, 1.54) is 305 Å². The van der Waals surface area contributed by atoms with Gasteiger partial charge in [0.2, 0.25) is 0 Å². The molecule has 2 aromatic rings. The maximum absolute atomic E-state index is 5.56. The molecule has 0 aliphatic rings. The van der Waals surface area contributed by atoms with Gasteiger partial charge in [-0.05, 0) is 100 Å². The smallest absolute Gasteiger partial charge is 0.0665 e. The average Bonchev–Trinajstić information content (AvgIpc) is 3.44. The molecule has 444 valence electrons. The van der Waals surface area contributed by atoms with Gasteiger partial charge in [-0.15, -0.1) is 0 Å². The summed E-state index contributed by atoms with van der Waals surface area (Å²) in [5.74, 6) is 0. The third-order valence-electron chi connectivity index (χ3n) is 16.3. The van der Waals surface area contributed by atoms with Gasteiger partial charge < -0.3 is 0 Å². The van der Waals surface area contributed by atoms with Crippen molar-refractivity contribution >= 4 is 22.8 Å². The van der Waals surface area contributed by atoms with Crippen LogP contribution in [0.4, 0.5) is 11.4 Å². The summed E-state index contributed by atoms with van der Waals surface area (Å²) in [6.45, 7) is 9.24. The predicted octanol–water partition coefficient (Wildman–Crippen LogP) is 26.3. The number of nitrogens with zero attached hydrogens (tertiary/aromatic N) is 2. The Hall–Kier alpha value is -2.25. The van der Waals surface area contributed by atoms with E-state index in [0.717, 1.165) is 62.7 Å². The van der Waals surface area contributed by atoms with Crippen LogP contribution >= 0.6 is 0 Å². The van der Waals surface area contributed by atoms with E-state index >= 15 is 0 Å². The number of hydrogen-bond donors (Lipinski definition) is 0. The van der Waals surface area contributed by atoms with Crippen molar-refractivity contribution in [1.29, 1.82) is 0 Å². The second-order valence-electron chi connectivity index (χ2n) is 23.6. The second kappa shape index (κ2) is 58.4. The third kappa shape index (κ3) is 45.1. The summed E-state index contributed by atoms with van der Waals surface area (Å²) in [5, 5.41) is 0. The third-order valence-corrected chi connectivity index (χ3v) is 16.3. The van der Waals surface area contributed by atoms with Crippen LogP contribution in [-0.2, 0) is 29.3 Å². The van der Waals surface area contributed by atoms with E-state index < -0.39 is 0 Å². The first kappa shape index (κ1) is 72.8. The Kier molecular flexibility index (Phi) is 55.2. The van der Waals surface area contributed by atoms with Crippen molar-refractivity contribution in [1.82, 2.24) is 0 Å². The largest absolute Gasteiger partial charge is 0.251 e. The minimum Gasteiger partial charge on any atom is -0.251 e. The molecule has 2 nitrogen and oxygen atoms in total. The van der Waals surface area contributed by atoms with Gasteiger partial charge in [-0.3, -0.25) is 9.98 Å². The molecule has 0 heterocycles. The van der Waals surface area contributed by atoms with Crippen molar-refractivity contribution in [2.45, 2.75) is 362 Å². The molecule has 0 saturated heterocycles. The van der Waals surface area contributed by atoms with Crippen LogP contribution in [0.3, 0.4) is 0 Å². The van der Waals surface area contributed by atoms with Crippen LogP contribution in [0.2, 0.25) is 0 Å². The molecule has 0 radical (unpaired) electrons. The van der Waals surface area contributed by atoms with Crippen LogP contribution in [0.15, 0.2) is 82.8 Å². The van der Waals surface area contributed by atoms with E-state index in [4.69, 9.17) is 9.98 Å². The van der Waals surface area contributed by atoms with Crippen LogP contribution in [-0.4, -0.2) is 11.4 Å². The predicted molar refractivity (Wildman–Crippen MR) is 346 cm³/mol. The minimum absolute atomic E-state index is 0. The summed E-state index contributed by atoms with van der Waals surface area (Å²) >= 11 is 0. The number of unbranched alkanes of at least 4 members (excludes halogenated alkanes) is 42. The first-order chi connectivity index (χ1) is 37.7. The van der Waals surface area contributed by atoms with Gasteiger partial charge in [-0.1, -0.05) is 345 Å². The Bertz CT molecular complexity index is 1650. The maximum atomic E-state index is 5.56. The summed E-state index contributed by atoms with van der Waals surface area (Å²) in [4.78, 5) is 11.1. The Balaban J connectivity index is 0.0000296. The van der Waals surface area contributed by atoms with Gasteiger partial charge in [0, 0.05) is 16.5 Å². The molecular formula is C74H128N2Ni. The molecule has 2 aromatic carbocycles. The zero-order valence-electron chi connectivity index (χ0n) is 51.9. The first-order valence-electron chi connectivity index (χ1n) is 34.3. The average molecular weight is 1100 g/mol. The Morgan fingerprint density at radius 2 is 0.506 bits per heavy atom. The molecule has 0 fully saturated rings. The van der Waals surface area contributed by atoms with Crippen LogP contribution in [0, 0.1) is 0 Å². The molecule has 0 amide bonds. The summed E-state index contributed by atoms with van der Waals surface area (Å²) in [7, 11) is 0. The van der Waals surface area contributed by atoms with Crippen molar-refractivity contribution < 1.29 is 16.5 Å². The molecular weight excluding hydrogens is 976 g/mol. The van der Waals surface area contributed by atoms with Crippen molar-refractivity contribution in [3.05, 3.63) is 84.0 Å². The topological polar surface area (TPSA) is 24.7 Å².